The van der Waals surface area contributed by atoms with E-state index in [0.717, 1.165) is 16.8 Å². The Balaban J connectivity index is 1.44. The molecule has 0 radical (unpaired) electrons. The third kappa shape index (κ3) is 6.17. The topological polar surface area (TPSA) is 74.2 Å². The van der Waals surface area contributed by atoms with Gasteiger partial charge in [-0.15, -0.1) is 0 Å². The van der Waals surface area contributed by atoms with Crippen LogP contribution in [0.5, 0.6) is 11.5 Å². The number of rotatable bonds is 9. The maximum atomic E-state index is 13.7. The van der Waals surface area contributed by atoms with Crippen LogP contribution in [0.25, 0.3) is 0 Å². The highest BCUT2D eigenvalue weighted by Crippen LogP contribution is 2.49. The fraction of sp³-hybridized carbons (Fsp3) is 0.324. The van der Waals surface area contributed by atoms with Gasteiger partial charge < -0.3 is 14.2 Å². The molecule has 3 aromatic rings. The molecule has 1 heterocycles. The number of carbonyl (C=O) groups excluding carboxylic acids is 2. The van der Waals surface area contributed by atoms with Gasteiger partial charge in [0.05, 0.1) is 0 Å². The molecule has 6 heteroatoms. The molecule has 0 N–H and O–H groups in total. The van der Waals surface area contributed by atoms with E-state index in [1.165, 1.54) is 0 Å². The van der Waals surface area contributed by atoms with Gasteiger partial charge >= 0.3 is 5.97 Å². The molecule has 40 heavy (non-hydrogen) atoms. The van der Waals surface area contributed by atoms with Gasteiger partial charge in [-0.3, -0.25) is 14.6 Å². The highest BCUT2D eigenvalue weighted by molar-refractivity contribution is 6.09. The number of carbonyl (C=O) groups is 2. The zero-order valence-electron chi connectivity index (χ0n) is 23.3. The number of hydrogen-bond acceptors (Lipinski definition) is 6. The van der Waals surface area contributed by atoms with Crippen molar-refractivity contribution in [1.82, 2.24) is 0 Å². The summed E-state index contributed by atoms with van der Waals surface area (Å²) < 4.78 is 17.7. The van der Waals surface area contributed by atoms with Gasteiger partial charge in [0.15, 0.2) is 5.78 Å². The Kier molecular flexibility index (Phi) is 8.15. The summed E-state index contributed by atoms with van der Waals surface area (Å²) in [5, 5.41) is 0. The second kappa shape index (κ2) is 11.9. The van der Waals surface area contributed by atoms with Crippen LogP contribution < -0.4 is 9.47 Å². The second-order valence-electron chi connectivity index (χ2n) is 11.2. The zero-order chi connectivity index (χ0) is 28.1. The largest absolute Gasteiger partial charge is 0.490 e. The molecule has 1 unspecified atom stereocenters. The molecule has 6 nitrogen and oxygen atoms in total. The number of para-hydroxylation sites is 2. The molecule has 3 aromatic carbocycles. The summed E-state index contributed by atoms with van der Waals surface area (Å²) in [7, 11) is 0. The van der Waals surface area contributed by atoms with Gasteiger partial charge in [-0.2, -0.15) is 0 Å². The van der Waals surface area contributed by atoms with Crippen LogP contribution in [0.4, 0.5) is 0 Å². The summed E-state index contributed by atoms with van der Waals surface area (Å²) in [6.45, 7) is 6.70. The minimum absolute atomic E-state index is 0.0237. The standard InChI is InChI=1S/C34H35NO5/c1-23-30(33(37)39-19-18-38-25-14-8-5-9-15-25)31(32-27(35-23)20-34(2,3)21-28(32)36)26-16-10-11-17-29(26)40-22-24-12-6-4-7-13-24/h4-17,30-31H,18-22H2,1-3H3/t30?,31-/m0/s1. The predicted octanol–water partition coefficient (Wildman–Crippen LogP) is 6.71. The van der Waals surface area contributed by atoms with E-state index in [1.807, 2.05) is 91.9 Å². The first-order valence-electron chi connectivity index (χ1n) is 13.7. The minimum atomic E-state index is -0.748. The number of nitrogens with zero attached hydrogens (tertiary/aromatic N) is 1. The summed E-state index contributed by atoms with van der Waals surface area (Å²) in [5.74, 6) is -0.351. The number of hydrogen-bond donors (Lipinski definition) is 0. The first-order valence-corrected chi connectivity index (χ1v) is 13.7. The Hall–Kier alpha value is -4.19. The first-order chi connectivity index (χ1) is 19.3. The van der Waals surface area contributed by atoms with E-state index in [-0.39, 0.29) is 24.4 Å². The average Bonchev–Trinajstić information content (AvgIpc) is 2.94. The number of allylic oxidation sites excluding steroid dienone is 2. The van der Waals surface area contributed by atoms with Gasteiger partial charge in [-0.25, -0.2) is 0 Å². The van der Waals surface area contributed by atoms with E-state index in [9.17, 15) is 9.59 Å². The van der Waals surface area contributed by atoms with E-state index in [4.69, 9.17) is 19.2 Å². The Labute approximate surface area is 235 Å². The van der Waals surface area contributed by atoms with Crippen LogP contribution in [-0.4, -0.2) is 30.7 Å². The van der Waals surface area contributed by atoms with Crippen molar-refractivity contribution >= 4 is 17.5 Å². The fourth-order valence-corrected chi connectivity index (χ4v) is 5.60. The molecule has 0 fully saturated rings. The van der Waals surface area contributed by atoms with Crippen molar-refractivity contribution in [3.05, 3.63) is 107 Å². The van der Waals surface area contributed by atoms with E-state index in [1.54, 1.807) is 0 Å². The molecule has 2 atom stereocenters. The third-order valence-corrected chi connectivity index (χ3v) is 7.39. The van der Waals surface area contributed by atoms with Crippen molar-refractivity contribution < 1.29 is 23.8 Å². The number of benzene rings is 3. The van der Waals surface area contributed by atoms with Crippen LogP contribution in [0, 0.1) is 11.3 Å². The molecule has 2 aliphatic rings. The molecule has 206 valence electrons. The SMILES string of the molecule is CC1=NC2=C(C(=O)CC(C)(C)C2)[C@@H](c2ccccc2OCc2ccccc2)C1C(=O)OCCOc1ccccc1. The van der Waals surface area contributed by atoms with Gasteiger partial charge in [0.25, 0.3) is 0 Å². The second-order valence-corrected chi connectivity index (χ2v) is 11.2. The van der Waals surface area contributed by atoms with Gasteiger partial charge in [-0.1, -0.05) is 80.6 Å². The Morgan fingerprint density at radius 2 is 1.55 bits per heavy atom. The highest BCUT2D eigenvalue weighted by Gasteiger charge is 2.46. The predicted molar refractivity (Wildman–Crippen MR) is 154 cm³/mol. The van der Waals surface area contributed by atoms with Crippen molar-refractivity contribution in [2.24, 2.45) is 16.3 Å². The maximum absolute atomic E-state index is 13.7. The molecule has 5 rings (SSSR count). The van der Waals surface area contributed by atoms with E-state index >= 15 is 0 Å². The number of ketones is 1. The van der Waals surface area contributed by atoms with Gasteiger partial charge in [0.1, 0.15) is 37.2 Å². The van der Waals surface area contributed by atoms with Crippen molar-refractivity contribution in [2.45, 2.75) is 46.1 Å². The van der Waals surface area contributed by atoms with Crippen molar-refractivity contribution in [1.29, 1.82) is 0 Å². The fourth-order valence-electron chi connectivity index (χ4n) is 5.60. The van der Waals surface area contributed by atoms with Crippen LogP contribution >= 0.6 is 0 Å². The molecule has 0 amide bonds. The summed E-state index contributed by atoms with van der Waals surface area (Å²) in [4.78, 5) is 32.2. The minimum Gasteiger partial charge on any atom is -0.490 e. The number of esters is 1. The van der Waals surface area contributed by atoms with Crippen LogP contribution in [0.2, 0.25) is 0 Å². The van der Waals surface area contributed by atoms with Gasteiger partial charge in [0.2, 0.25) is 0 Å². The lowest BCUT2D eigenvalue weighted by Gasteiger charge is -2.39. The Morgan fingerprint density at radius 3 is 2.30 bits per heavy atom. The molecule has 1 aliphatic heterocycles. The number of aliphatic imine (C=N–C) groups is 1. The first kappa shape index (κ1) is 27.4. The Morgan fingerprint density at radius 1 is 0.875 bits per heavy atom. The van der Waals surface area contributed by atoms with Crippen molar-refractivity contribution in [3.63, 3.8) is 0 Å². The molecular weight excluding hydrogens is 502 g/mol. The lowest BCUT2D eigenvalue weighted by atomic mass is 9.66. The summed E-state index contributed by atoms with van der Waals surface area (Å²) in [5.41, 5.74) is 3.62. The molecular formula is C34H35NO5. The van der Waals surface area contributed by atoms with Crippen LogP contribution in [0.15, 0.2) is 101 Å². The van der Waals surface area contributed by atoms with Crippen LogP contribution in [0.1, 0.15) is 50.7 Å². The molecule has 0 aromatic heterocycles. The zero-order valence-corrected chi connectivity index (χ0v) is 23.3. The van der Waals surface area contributed by atoms with Crippen molar-refractivity contribution in [3.8, 4) is 11.5 Å². The average molecular weight is 538 g/mol. The maximum Gasteiger partial charge on any atom is 0.315 e. The molecule has 1 aliphatic carbocycles. The van der Waals surface area contributed by atoms with Crippen LogP contribution in [0.3, 0.4) is 0 Å². The summed E-state index contributed by atoms with van der Waals surface area (Å²) in [6.07, 6.45) is 1.07. The Bertz CT molecular complexity index is 1420. The lowest BCUT2D eigenvalue weighted by Crippen LogP contribution is -2.40. The quantitative estimate of drug-likeness (QED) is 0.224. The summed E-state index contributed by atoms with van der Waals surface area (Å²) >= 11 is 0. The molecule has 0 spiro atoms. The van der Waals surface area contributed by atoms with E-state index in [2.05, 4.69) is 13.8 Å². The lowest BCUT2D eigenvalue weighted by molar-refractivity contribution is -0.147. The van der Waals surface area contributed by atoms with Gasteiger partial charge in [-0.05, 0) is 42.5 Å². The van der Waals surface area contributed by atoms with Crippen LogP contribution in [-0.2, 0) is 20.9 Å². The van der Waals surface area contributed by atoms with Gasteiger partial charge in [0, 0.05) is 34.9 Å². The van der Waals surface area contributed by atoms with E-state index < -0.39 is 17.8 Å². The highest BCUT2D eigenvalue weighted by atomic mass is 16.6. The third-order valence-electron chi connectivity index (χ3n) is 7.39. The smallest absolute Gasteiger partial charge is 0.315 e. The monoisotopic (exact) mass is 537 g/mol. The molecule has 0 saturated heterocycles. The normalized spacial score (nSPS) is 19.9. The molecule has 0 bridgehead atoms. The van der Waals surface area contributed by atoms with Crippen molar-refractivity contribution in [2.75, 3.05) is 13.2 Å². The number of Topliss-reactive ketones (excluding diaryl/α,β-unsaturated/α-hetero) is 1. The van der Waals surface area contributed by atoms with E-state index in [0.29, 0.717) is 42.2 Å². The summed E-state index contributed by atoms with van der Waals surface area (Å²) in [6, 6.07) is 27.0. The number of ether oxygens (including phenoxy) is 3. The molecule has 0 saturated carbocycles.